The molecule has 0 bridgehead atoms. The van der Waals surface area contributed by atoms with Gasteiger partial charge in [-0.1, -0.05) is 11.6 Å². The van der Waals surface area contributed by atoms with Crippen LogP contribution in [0, 0.1) is 0 Å². The minimum absolute atomic E-state index is 0.0405. The van der Waals surface area contributed by atoms with Gasteiger partial charge in [0.15, 0.2) is 0 Å². The molecule has 0 aliphatic rings. The molecule has 0 atom stereocenters. The SMILES string of the molecule is O=C(Cn1cncn1)NNC(=O)Nc1ccc(Cl)cc1. The molecule has 1 heterocycles. The number of hydrazine groups is 1. The molecule has 0 spiro atoms. The maximum absolute atomic E-state index is 11.5. The van der Waals surface area contributed by atoms with Gasteiger partial charge >= 0.3 is 6.03 Å². The van der Waals surface area contributed by atoms with Crippen molar-refractivity contribution in [2.75, 3.05) is 5.32 Å². The highest BCUT2D eigenvalue weighted by Crippen LogP contribution is 2.12. The van der Waals surface area contributed by atoms with Gasteiger partial charge < -0.3 is 5.32 Å². The molecule has 0 unspecified atom stereocenters. The first-order chi connectivity index (χ1) is 9.63. The highest BCUT2D eigenvalue weighted by molar-refractivity contribution is 6.30. The number of carbonyl (C=O) groups is 2. The lowest BCUT2D eigenvalue weighted by Gasteiger charge is -2.08. The first-order valence-electron chi connectivity index (χ1n) is 5.57. The van der Waals surface area contributed by atoms with E-state index in [0.29, 0.717) is 10.7 Å². The normalized spacial score (nSPS) is 9.85. The Bertz CT molecular complexity index is 583. The largest absolute Gasteiger partial charge is 0.337 e. The van der Waals surface area contributed by atoms with E-state index in [1.807, 2.05) is 0 Å². The Hall–Kier alpha value is -2.61. The van der Waals surface area contributed by atoms with Crippen LogP contribution in [0.25, 0.3) is 0 Å². The molecule has 0 fully saturated rings. The lowest BCUT2D eigenvalue weighted by atomic mass is 10.3. The summed E-state index contributed by atoms with van der Waals surface area (Å²) in [7, 11) is 0. The predicted molar refractivity (Wildman–Crippen MR) is 71.8 cm³/mol. The van der Waals surface area contributed by atoms with Gasteiger partial charge in [0.25, 0.3) is 5.91 Å². The van der Waals surface area contributed by atoms with Gasteiger partial charge in [-0.05, 0) is 24.3 Å². The smallest absolute Gasteiger partial charge is 0.307 e. The number of nitrogens with one attached hydrogen (secondary N) is 3. The highest BCUT2D eigenvalue weighted by atomic mass is 35.5. The Balaban J connectivity index is 1.74. The van der Waals surface area contributed by atoms with Gasteiger partial charge in [-0.15, -0.1) is 0 Å². The number of carbonyl (C=O) groups excluding carboxylic acids is 2. The minimum atomic E-state index is -0.570. The van der Waals surface area contributed by atoms with Crippen LogP contribution >= 0.6 is 11.6 Å². The van der Waals surface area contributed by atoms with Gasteiger partial charge in [-0.25, -0.2) is 19.9 Å². The summed E-state index contributed by atoms with van der Waals surface area (Å²) in [6.07, 6.45) is 2.71. The molecule has 104 valence electrons. The van der Waals surface area contributed by atoms with E-state index in [1.165, 1.54) is 17.3 Å². The molecule has 2 aromatic rings. The average Bonchev–Trinajstić information content (AvgIpc) is 2.92. The first kappa shape index (κ1) is 13.8. The van der Waals surface area contributed by atoms with E-state index in [9.17, 15) is 9.59 Å². The molecular weight excluding hydrogens is 284 g/mol. The number of urea groups is 1. The summed E-state index contributed by atoms with van der Waals surface area (Å²) in [5, 5.41) is 6.86. The van der Waals surface area contributed by atoms with Crippen molar-refractivity contribution in [3.05, 3.63) is 41.9 Å². The van der Waals surface area contributed by atoms with Crippen molar-refractivity contribution in [3.8, 4) is 0 Å². The van der Waals surface area contributed by atoms with Crippen molar-refractivity contribution in [2.24, 2.45) is 0 Å². The quantitative estimate of drug-likeness (QED) is 0.728. The fourth-order valence-corrected chi connectivity index (χ4v) is 1.45. The number of amides is 3. The monoisotopic (exact) mass is 294 g/mol. The van der Waals surface area contributed by atoms with E-state index in [-0.39, 0.29) is 6.54 Å². The van der Waals surface area contributed by atoms with Gasteiger partial charge in [-0.3, -0.25) is 10.2 Å². The molecule has 20 heavy (non-hydrogen) atoms. The third-order valence-corrected chi connectivity index (χ3v) is 2.44. The number of rotatable bonds is 3. The average molecular weight is 295 g/mol. The Morgan fingerprint density at radius 3 is 2.60 bits per heavy atom. The van der Waals surface area contributed by atoms with Crippen LogP contribution in [-0.4, -0.2) is 26.7 Å². The van der Waals surface area contributed by atoms with E-state index in [1.54, 1.807) is 24.3 Å². The van der Waals surface area contributed by atoms with Crippen LogP contribution in [0.15, 0.2) is 36.9 Å². The van der Waals surface area contributed by atoms with E-state index in [4.69, 9.17) is 11.6 Å². The molecule has 0 saturated heterocycles. The summed E-state index contributed by atoms with van der Waals surface area (Å²) in [5.74, 6) is -0.429. The molecular formula is C11H11ClN6O2. The summed E-state index contributed by atoms with van der Waals surface area (Å²) < 4.78 is 1.33. The van der Waals surface area contributed by atoms with Gasteiger partial charge in [0.05, 0.1) is 0 Å². The topological polar surface area (TPSA) is 101 Å². The first-order valence-corrected chi connectivity index (χ1v) is 5.95. The molecule has 0 radical (unpaired) electrons. The van der Waals surface area contributed by atoms with Crippen LogP contribution in [0.5, 0.6) is 0 Å². The zero-order chi connectivity index (χ0) is 14.4. The molecule has 1 aromatic carbocycles. The van der Waals surface area contributed by atoms with E-state index < -0.39 is 11.9 Å². The molecule has 0 saturated carbocycles. The Morgan fingerprint density at radius 2 is 1.95 bits per heavy atom. The molecule has 8 nitrogen and oxygen atoms in total. The summed E-state index contributed by atoms with van der Waals surface area (Å²) in [6.45, 7) is -0.0405. The fraction of sp³-hybridized carbons (Fsp3) is 0.0909. The molecule has 2 rings (SSSR count). The fourth-order valence-electron chi connectivity index (χ4n) is 1.32. The minimum Gasteiger partial charge on any atom is -0.307 e. The second-order valence-electron chi connectivity index (χ2n) is 3.73. The van der Waals surface area contributed by atoms with Crippen molar-refractivity contribution in [3.63, 3.8) is 0 Å². The Kier molecular flexibility index (Phi) is 4.51. The van der Waals surface area contributed by atoms with Crippen molar-refractivity contribution in [1.29, 1.82) is 0 Å². The van der Waals surface area contributed by atoms with Crippen LogP contribution in [0.1, 0.15) is 0 Å². The second-order valence-corrected chi connectivity index (χ2v) is 4.16. The molecule has 3 N–H and O–H groups in total. The zero-order valence-corrected chi connectivity index (χ0v) is 11.0. The number of anilines is 1. The van der Waals surface area contributed by atoms with Crippen molar-refractivity contribution in [1.82, 2.24) is 25.6 Å². The summed E-state index contributed by atoms with van der Waals surface area (Å²) in [4.78, 5) is 26.6. The number of aromatic nitrogens is 3. The number of hydrogen-bond acceptors (Lipinski definition) is 4. The van der Waals surface area contributed by atoms with Crippen LogP contribution in [0.4, 0.5) is 10.5 Å². The number of halogens is 1. The van der Waals surface area contributed by atoms with E-state index in [2.05, 4.69) is 26.3 Å². The molecule has 0 aliphatic carbocycles. The lowest BCUT2D eigenvalue weighted by molar-refractivity contribution is -0.122. The van der Waals surface area contributed by atoms with Gasteiger partial charge in [0, 0.05) is 10.7 Å². The molecule has 1 aromatic heterocycles. The van der Waals surface area contributed by atoms with Crippen LogP contribution < -0.4 is 16.2 Å². The van der Waals surface area contributed by atoms with E-state index in [0.717, 1.165) is 0 Å². The number of hydrogen-bond donors (Lipinski definition) is 3. The maximum atomic E-state index is 11.5. The standard InChI is InChI=1S/C11H11ClN6O2/c12-8-1-3-9(4-2-8)15-11(20)17-16-10(19)5-18-7-13-6-14-18/h1-4,6-7H,5H2,(H,16,19)(H2,15,17,20). The third kappa shape index (κ3) is 4.25. The third-order valence-electron chi connectivity index (χ3n) is 2.19. The second kappa shape index (κ2) is 6.53. The van der Waals surface area contributed by atoms with Crippen LogP contribution in [-0.2, 0) is 11.3 Å². The van der Waals surface area contributed by atoms with Gasteiger partial charge in [-0.2, -0.15) is 5.10 Å². The number of nitrogens with zero attached hydrogens (tertiary/aromatic N) is 3. The molecule has 9 heteroatoms. The van der Waals surface area contributed by atoms with E-state index >= 15 is 0 Å². The van der Waals surface area contributed by atoms with Crippen molar-refractivity contribution >= 4 is 29.2 Å². The number of benzene rings is 1. The van der Waals surface area contributed by atoms with Gasteiger partial charge in [0.2, 0.25) is 0 Å². The molecule has 3 amide bonds. The lowest BCUT2D eigenvalue weighted by Crippen LogP contribution is -2.45. The van der Waals surface area contributed by atoms with Gasteiger partial charge in [0.1, 0.15) is 19.2 Å². The van der Waals surface area contributed by atoms with Crippen molar-refractivity contribution < 1.29 is 9.59 Å². The van der Waals surface area contributed by atoms with Crippen LogP contribution in [0.2, 0.25) is 5.02 Å². The highest BCUT2D eigenvalue weighted by Gasteiger charge is 2.05. The van der Waals surface area contributed by atoms with Crippen molar-refractivity contribution in [2.45, 2.75) is 6.54 Å². The van der Waals surface area contributed by atoms with Crippen LogP contribution in [0.3, 0.4) is 0 Å². The zero-order valence-electron chi connectivity index (χ0n) is 10.2. The Morgan fingerprint density at radius 1 is 1.20 bits per heavy atom. The molecule has 0 aliphatic heterocycles. The maximum Gasteiger partial charge on any atom is 0.337 e. The predicted octanol–water partition coefficient (Wildman–Crippen LogP) is 0.784. The summed E-state index contributed by atoms with van der Waals surface area (Å²) in [5.41, 5.74) is 5.00. The summed E-state index contributed by atoms with van der Waals surface area (Å²) in [6, 6.07) is 5.98. The summed E-state index contributed by atoms with van der Waals surface area (Å²) >= 11 is 5.72. The Labute approximate surface area is 119 Å².